The lowest BCUT2D eigenvalue weighted by molar-refractivity contribution is 0.0103. The van der Waals surface area contributed by atoms with Gasteiger partial charge in [0.2, 0.25) is 0 Å². The smallest absolute Gasteiger partial charge is 0.0987 e. The van der Waals surface area contributed by atoms with Crippen LogP contribution < -0.4 is 0 Å². The van der Waals surface area contributed by atoms with Crippen molar-refractivity contribution in [3.8, 4) is 0 Å². The summed E-state index contributed by atoms with van der Waals surface area (Å²) in [5.74, 6) is 1.97. The fourth-order valence-electron chi connectivity index (χ4n) is 1.80. The van der Waals surface area contributed by atoms with Crippen LogP contribution in [-0.4, -0.2) is 6.10 Å². The van der Waals surface area contributed by atoms with Crippen LogP contribution in [0.2, 0.25) is 0 Å². The zero-order valence-electron chi connectivity index (χ0n) is 9.84. The van der Waals surface area contributed by atoms with E-state index in [1.165, 1.54) is 24.8 Å². The molecular weight excluding hydrogens is 172 g/mol. The Balaban J connectivity index is 2.29. The van der Waals surface area contributed by atoms with Crippen LogP contribution in [0.1, 0.15) is 47.0 Å². The molecule has 80 valence electrons. The van der Waals surface area contributed by atoms with Gasteiger partial charge in [-0.2, -0.15) is 0 Å². The van der Waals surface area contributed by atoms with Gasteiger partial charge in [0, 0.05) is 0 Å². The molecular formula is C13H22O. The first-order valence-corrected chi connectivity index (χ1v) is 5.63. The SMILES string of the molecule is C/C=C(C)\C=C(/C)OC1CC(CC)C1. The van der Waals surface area contributed by atoms with E-state index in [-0.39, 0.29) is 0 Å². The molecule has 0 bridgehead atoms. The zero-order valence-corrected chi connectivity index (χ0v) is 9.84. The van der Waals surface area contributed by atoms with Gasteiger partial charge in [0.25, 0.3) is 0 Å². The van der Waals surface area contributed by atoms with E-state index < -0.39 is 0 Å². The maximum absolute atomic E-state index is 5.81. The molecule has 14 heavy (non-hydrogen) atoms. The van der Waals surface area contributed by atoms with Crippen LogP contribution in [0.25, 0.3) is 0 Å². The van der Waals surface area contributed by atoms with Gasteiger partial charge in [0.1, 0.15) is 0 Å². The second-order valence-corrected chi connectivity index (χ2v) is 4.27. The van der Waals surface area contributed by atoms with Crippen molar-refractivity contribution in [2.24, 2.45) is 5.92 Å². The number of allylic oxidation sites excluding steroid dienone is 4. The third-order valence-electron chi connectivity index (χ3n) is 3.01. The first-order valence-electron chi connectivity index (χ1n) is 5.63. The van der Waals surface area contributed by atoms with Crippen molar-refractivity contribution in [1.82, 2.24) is 0 Å². The number of hydrogen-bond donors (Lipinski definition) is 0. The summed E-state index contributed by atoms with van der Waals surface area (Å²) in [7, 11) is 0. The summed E-state index contributed by atoms with van der Waals surface area (Å²) >= 11 is 0. The summed E-state index contributed by atoms with van der Waals surface area (Å²) in [6, 6.07) is 0. The highest BCUT2D eigenvalue weighted by Crippen LogP contribution is 2.33. The predicted molar refractivity (Wildman–Crippen MR) is 61.1 cm³/mol. The molecule has 1 rings (SSSR count). The number of ether oxygens (including phenoxy) is 1. The van der Waals surface area contributed by atoms with E-state index in [1.807, 2.05) is 6.92 Å². The van der Waals surface area contributed by atoms with Crippen LogP contribution in [0.4, 0.5) is 0 Å². The summed E-state index contributed by atoms with van der Waals surface area (Å²) in [6.07, 6.45) is 8.49. The van der Waals surface area contributed by atoms with Gasteiger partial charge in [-0.1, -0.05) is 25.0 Å². The molecule has 0 aliphatic heterocycles. The summed E-state index contributed by atoms with van der Waals surface area (Å²) in [4.78, 5) is 0. The van der Waals surface area contributed by atoms with Crippen molar-refractivity contribution < 1.29 is 4.74 Å². The largest absolute Gasteiger partial charge is 0.495 e. The van der Waals surface area contributed by atoms with Crippen LogP contribution in [0.3, 0.4) is 0 Å². The predicted octanol–water partition coefficient (Wildman–Crippen LogP) is 4.06. The van der Waals surface area contributed by atoms with E-state index in [4.69, 9.17) is 4.74 Å². The molecule has 0 aromatic heterocycles. The van der Waals surface area contributed by atoms with Crippen molar-refractivity contribution in [3.63, 3.8) is 0 Å². The first-order chi connectivity index (χ1) is 6.65. The molecule has 0 unspecified atom stereocenters. The maximum atomic E-state index is 5.81. The molecule has 0 saturated heterocycles. The van der Waals surface area contributed by atoms with Crippen LogP contribution in [-0.2, 0) is 4.74 Å². The number of rotatable bonds is 4. The Morgan fingerprint density at radius 1 is 1.36 bits per heavy atom. The fraction of sp³-hybridized carbons (Fsp3) is 0.692. The van der Waals surface area contributed by atoms with Crippen molar-refractivity contribution in [2.45, 2.75) is 53.1 Å². The molecule has 0 atom stereocenters. The van der Waals surface area contributed by atoms with E-state index in [1.54, 1.807) is 0 Å². The van der Waals surface area contributed by atoms with Crippen molar-refractivity contribution in [2.75, 3.05) is 0 Å². The van der Waals surface area contributed by atoms with Gasteiger partial charge in [0.15, 0.2) is 0 Å². The minimum atomic E-state index is 0.487. The Hall–Kier alpha value is -0.720. The lowest BCUT2D eigenvalue weighted by Crippen LogP contribution is -2.30. The van der Waals surface area contributed by atoms with Crippen LogP contribution in [0, 0.1) is 5.92 Å². The average molecular weight is 194 g/mol. The maximum Gasteiger partial charge on any atom is 0.0987 e. The Morgan fingerprint density at radius 3 is 2.50 bits per heavy atom. The van der Waals surface area contributed by atoms with Crippen LogP contribution >= 0.6 is 0 Å². The summed E-state index contributed by atoms with van der Waals surface area (Å²) in [6.45, 7) is 8.46. The molecule has 0 spiro atoms. The second-order valence-electron chi connectivity index (χ2n) is 4.27. The van der Waals surface area contributed by atoms with Gasteiger partial charge < -0.3 is 4.74 Å². The summed E-state index contributed by atoms with van der Waals surface area (Å²) in [5, 5.41) is 0. The highest BCUT2D eigenvalue weighted by molar-refractivity contribution is 5.17. The molecule has 0 amide bonds. The van der Waals surface area contributed by atoms with E-state index in [0.717, 1.165) is 11.7 Å². The molecule has 1 saturated carbocycles. The van der Waals surface area contributed by atoms with E-state index >= 15 is 0 Å². The normalized spacial score (nSPS) is 28.6. The zero-order chi connectivity index (χ0) is 10.6. The quantitative estimate of drug-likeness (QED) is 0.484. The lowest BCUT2D eigenvalue weighted by Gasteiger charge is -2.35. The molecule has 1 nitrogen and oxygen atoms in total. The van der Waals surface area contributed by atoms with Gasteiger partial charge in [-0.05, 0) is 45.6 Å². The molecule has 1 fully saturated rings. The van der Waals surface area contributed by atoms with Gasteiger partial charge in [0.05, 0.1) is 11.9 Å². The lowest BCUT2D eigenvalue weighted by atomic mass is 9.80. The monoisotopic (exact) mass is 194 g/mol. The Kier molecular flexibility index (Phi) is 4.24. The first kappa shape index (κ1) is 11.4. The summed E-state index contributed by atoms with van der Waals surface area (Å²) < 4.78 is 5.81. The van der Waals surface area contributed by atoms with E-state index in [0.29, 0.717) is 6.10 Å². The Morgan fingerprint density at radius 2 is 2.00 bits per heavy atom. The van der Waals surface area contributed by atoms with E-state index in [9.17, 15) is 0 Å². The Bertz CT molecular complexity index is 232. The minimum Gasteiger partial charge on any atom is -0.495 e. The molecule has 0 heterocycles. The van der Waals surface area contributed by atoms with E-state index in [2.05, 4.69) is 32.9 Å². The molecule has 1 aliphatic rings. The topological polar surface area (TPSA) is 9.23 Å². The van der Waals surface area contributed by atoms with Gasteiger partial charge >= 0.3 is 0 Å². The fourth-order valence-corrected chi connectivity index (χ4v) is 1.80. The van der Waals surface area contributed by atoms with Crippen LogP contribution in [0.5, 0.6) is 0 Å². The average Bonchev–Trinajstić information content (AvgIpc) is 2.10. The highest BCUT2D eigenvalue weighted by atomic mass is 16.5. The molecule has 0 N–H and O–H groups in total. The third-order valence-corrected chi connectivity index (χ3v) is 3.01. The second kappa shape index (κ2) is 5.23. The molecule has 1 aliphatic carbocycles. The molecule has 0 aromatic rings. The van der Waals surface area contributed by atoms with Gasteiger partial charge in [-0.15, -0.1) is 0 Å². The van der Waals surface area contributed by atoms with Crippen molar-refractivity contribution in [3.05, 3.63) is 23.5 Å². The van der Waals surface area contributed by atoms with Gasteiger partial charge in [-0.3, -0.25) is 0 Å². The minimum absolute atomic E-state index is 0.487. The molecule has 0 aromatic carbocycles. The number of hydrogen-bond acceptors (Lipinski definition) is 1. The van der Waals surface area contributed by atoms with Crippen molar-refractivity contribution >= 4 is 0 Å². The van der Waals surface area contributed by atoms with Crippen LogP contribution in [0.15, 0.2) is 23.5 Å². The van der Waals surface area contributed by atoms with Crippen molar-refractivity contribution in [1.29, 1.82) is 0 Å². The van der Waals surface area contributed by atoms with Gasteiger partial charge in [-0.25, -0.2) is 0 Å². The third kappa shape index (κ3) is 3.21. The molecule has 1 heteroatoms. The highest BCUT2D eigenvalue weighted by Gasteiger charge is 2.28. The summed E-state index contributed by atoms with van der Waals surface area (Å²) in [5.41, 5.74) is 1.27. The Labute approximate surface area is 87.8 Å². The standard InChI is InChI=1S/C13H22O/c1-5-10(3)7-11(4)14-13-8-12(6-2)9-13/h5,7,12-13H,6,8-9H2,1-4H3/b10-5-,11-7+. The molecule has 0 radical (unpaired) electrons.